The molecule has 134 valence electrons. The highest BCUT2D eigenvalue weighted by Gasteiger charge is 2.15. The van der Waals surface area contributed by atoms with Gasteiger partial charge in [0.25, 0.3) is 5.91 Å². The highest BCUT2D eigenvalue weighted by atomic mass is 16.5. The first kappa shape index (κ1) is 18.5. The lowest BCUT2D eigenvalue weighted by molar-refractivity contribution is 0.102. The molecule has 0 spiro atoms. The number of rotatable bonds is 7. The molecule has 1 heterocycles. The van der Waals surface area contributed by atoms with Crippen LogP contribution in [0.1, 0.15) is 30.2 Å². The Labute approximate surface area is 148 Å². The van der Waals surface area contributed by atoms with Gasteiger partial charge in [0.15, 0.2) is 0 Å². The minimum absolute atomic E-state index is 0.305. The zero-order valence-corrected chi connectivity index (χ0v) is 15.3. The summed E-state index contributed by atoms with van der Waals surface area (Å²) in [5.74, 6) is 2.13. The third-order valence-corrected chi connectivity index (χ3v) is 3.80. The van der Waals surface area contributed by atoms with Gasteiger partial charge in [-0.2, -0.15) is 0 Å². The number of methoxy groups -OCH3 is 2. The number of carbonyl (C=O) groups excluding carboxylic acids is 1. The molecule has 1 N–H and O–H groups in total. The molecule has 0 saturated heterocycles. The second kappa shape index (κ2) is 8.32. The molecule has 0 saturated carbocycles. The van der Waals surface area contributed by atoms with Gasteiger partial charge in [-0.3, -0.25) is 4.79 Å². The van der Waals surface area contributed by atoms with E-state index in [-0.39, 0.29) is 5.91 Å². The van der Waals surface area contributed by atoms with E-state index in [1.165, 1.54) is 0 Å². The van der Waals surface area contributed by atoms with Crippen molar-refractivity contribution in [2.45, 2.75) is 20.8 Å². The lowest BCUT2D eigenvalue weighted by Crippen LogP contribution is -2.25. The number of nitrogens with zero attached hydrogens (tertiary/aromatic N) is 3. The predicted octanol–water partition coefficient (Wildman–Crippen LogP) is 2.90. The minimum Gasteiger partial charge on any atom is -0.497 e. The van der Waals surface area contributed by atoms with E-state index in [1.807, 2.05) is 13.8 Å². The summed E-state index contributed by atoms with van der Waals surface area (Å²) in [5, 5.41) is 2.83. The molecule has 0 fully saturated rings. The maximum Gasteiger partial charge on any atom is 0.274 e. The number of hydrogen-bond acceptors (Lipinski definition) is 6. The molecule has 0 aliphatic carbocycles. The first-order valence-corrected chi connectivity index (χ1v) is 8.16. The van der Waals surface area contributed by atoms with Crippen LogP contribution >= 0.6 is 0 Å². The van der Waals surface area contributed by atoms with Crippen LogP contribution in [-0.2, 0) is 0 Å². The van der Waals surface area contributed by atoms with Crippen LogP contribution < -0.4 is 19.7 Å². The number of ether oxygens (including phenoxy) is 2. The third-order valence-electron chi connectivity index (χ3n) is 3.80. The Morgan fingerprint density at radius 1 is 1.12 bits per heavy atom. The lowest BCUT2D eigenvalue weighted by atomic mass is 10.2. The molecular weight excluding hydrogens is 320 g/mol. The number of aryl methyl sites for hydroxylation is 1. The third kappa shape index (κ3) is 4.37. The topological polar surface area (TPSA) is 76.6 Å². The molecule has 0 bridgehead atoms. The Hall–Kier alpha value is -2.83. The summed E-state index contributed by atoms with van der Waals surface area (Å²) >= 11 is 0. The van der Waals surface area contributed by atoms with Crippen molar-refractivity contribution in [1.82, 2.24) is 9.97 Å². The highest BCUT2D eigenvalue weighted by Crippen LogP contribution is 2.29. The fourth-order valence-corrected chi connectivity index (χ4v) is 2.48. The van der Waals surface area contributed by atoms with Gasteiger partial charge in [0, 0.05) is 25.2 Å². The summed E-state index contributed by atoms with van der Waals surface area (Å²) in [6, 6.07) is 6.90. The zero-order valence-electron chi connectivity index (χ0n) is 15.3. The minimum atomic E-state index is -0.328. The van der Waals surface area contributed by atoms with Crippen LogP contribution in [0.25, 0.3) is 0 Å². The summed E-state index contributed by atoms with van der Waals surface area (Å²) in [7, 11) is 3.11. The van der Waals surface area contributed by atoms with E-state index in [4.69, 9.17) is 9.47 Å². The van der Waals surface area contributed by atoms with Gasteiger partial charge in [-0.05, 0) is 32.9 Å². The second-order valence-electron chi connectivity index (χ2n) is 5.35. The van der Waals surface area contributed by atoms with Crippen LogP contribution in [0.15, 0.2) is 24.3 Å². The van der Waals surface area contributed by atoms with Crippen LogP contribution in [0.4, 0.5) is 11.5 Å². The summed E-state index contributed by atoms with van der Waals surface area (Å²) in [4.78, 5) is 23.4. The molecule has 25 heavy (non-hydrogen) atoms. The Bertz CT molecular complexity index is 745. The van der Waals surface area contributed by atoms with Crippen molar-refractivity contribution in [2.24, 2.45) is 0 Å². The number of anilines is 2. The average Bonchev–Trinajstić information content (AvgIpc) is 2.62. The van der Waals surface area contributed by atoms with Crippen LogP contribution in [0.5, 0.6) is 11.5 Å². The first-order chi connectivity index (χ1) is 12.0. The lowest BCUT2D eigenvalue weighted by Gasteiger charge is -2.20. The molecule has 1 aromatic heterocycles. The van der Waals surface area contributed by atoms with Crippen LogP contribution in [-0.4, -0.2) is 43.2 Å². The maximum absolute atomic E-state index is 12.7. The van der Waals surface area contributed by atoms with E-state index in [0.717, 1.165) is 18.9 Å². The van der Waals surface area contributed by atoms with Gasteiger partial charge in [-0.1, -0.05) is 0 Å². The summed E-state index contributed by atoms with van der Waals surface area (Å²) in [5.41, 5.74) is 0.826. The zero-order chi connectivity index (χ0) is 18.4. The van der Waals surface area contributed by atoms with Crippen molar-refractivity contribution >= 4 is 17.4 Å². The molecule has 2 aromatic rings. The van der Waals surface area contributed by atoms with Crippen molar-refractivity contribution in [1.29, 1.82) is 0 Å². The molecule has 0 aliphatic heterocycles. The summed E-state index contributed by atoms with van der Waals surface area (Å²) in [6.07, 6.45) is 0. The number of nitrogens with one attached hydrogen (secondary N) is 1. The van der Waals surface area contributed by atoms with E-state index in [1.54, 1.807) is 45.4 Å². The second-order valence-corrected chi connectivity index (χ2v) is 5.35. The van der Waals surface area contributed by atoms with Gasteiger partial charge >= 0.3 is 0 Å². The monoisotopic (exact) mass is 344 g/mol. The van der Waals surface area contributed by atoms with Crippen LogP contribution in [0, 0.1) is 6.92 Å². The summed E-state index contributed by atoms with van der Waals surface area (Å²) < 4.78 is 10.5. The Kier molecular flexibility index (Phi) is 6.16. The fourth-order valence-electron chi connectivity index (χ4n) is 2.48. The van der Waals surface area contributed by atoms with Gasteiger partial charge < -0.3 is 19.7 Å². The Morgan fingerprint density at radius 2 is 1.84 bits per heavy atom. The van der Waals surface area contributed by atoms with Crippen molar-refractivity contribution in [3.05, 3.63) is 35.8 Å². The van der Waals surface area contributed by atoms with E-state index in [0.29, 0.717) is 28.7 Å². The van der Waals surface area contributed by atoms with E-state index < -0.39 is 0 Å². The molecule has 0 aliphatic rings. The SMILES string of the molecule is CCN(CC)c1cc(C(=O)Nc2cc(OC)ccc2OC)nc(C)n1. The van der Waals surface area contributed by atoms with Crippen LogP contribution in [0.3, 0.4) is 0 Å². The normalized spacial score (nSPS) is 10.3. The van der Waals surface area contributed by atoms with Gasteiger partial charge in [-0.15, -0.1) is 0 Å². The maximum atomic E-state index is 12.7. The molecule has 7 nitrogen and oxygen atoms in total. The predicted molar refractivity (Wildman–Crippen MR) is 97.8 cm³/mol. The van der Waals surface area contributed by atoms with E-state index in [2.05, 4.69) is 20.2 Å². The molecule has 1 aromatic carbocycles. The molecule has 2 rings (SSSR count). The quantitative estimate of drug-likeness (QED) is 0.832. The Balaban J connectivity index is 2.32. The number of amides is 1. The van der Waals surface area contributed by atoms with Crippen molar-refractivity contribution in [3.63, 3.8) is 0 Å². The van der Waals surface area contributed by atoms with Gasteiger partial charge in [0.2, 0.25) is 0 Å². The van der Waals surface area contributed by atoms with Crippen molar-refractivity contribution in [3.8, 4) is 11.5 Å². The molecule has 0 unspecified atom stereocenters. The number of benzene rings is 1. The smallest absolute Gasteiger partial charge is 0.274 e. The molecule has 1 amide bonds. The number of hydrogen-bond donors (Lipinski definition) is 1. The number of carbonyl (C=O) groups is 1. The Morgan fingerprint density at radius 3 is 2.44 bits per heavy atom. The average molecular weight is 344 g/mol. The highest BCUT2D eigenvalue weighted by molar-refractivity contribution is 6.04. The van der Waals surface area contributed by atoms with Crippen LogP contribution in [0.2, 0.25) is 0 Å². The van der Waals surface area contributed by atoms with Gasteiger partial charge in [0.1, 0.15) is 28.8 Å². The van der Waals surface area contributed by atoms with E-state index in [9.17, 15) is 4.79 Å². The molecular formula is C18H24N4O3. The van der Waals surface area contributed by atoms with Crippen molar-refractivity contribution < 1.29 is 14.3 Å². The number of aromatic nitrogens is 2. The largest absolute Gasteiger partial charge is 0.497 e. The van der Waals surface area contributed by atoms with E-state index >= 15 is 0 Å². The molecule has 0 atom stereocenters. The standard InChI is InChI=1S/C18H24N4O3/c1-6-22(7-2)17-11-15(19-12(3)20-17)18(23)21-14-10-13(24-4)8-9-16(14)25-5/h8-11H,6-7H2,1-5H3,(H,21,23). The first-order valence-electron chi connectivity index (χ1n) is 8.16. The van der Waals surface area contributed by atoms with Crippen molar-refractivity contribution in [2.75, 3.05) is 37.5 Å². The van der Waals surface area contributed by atoms with Gasteiger partial charge in [0.05, 0.1) is 19.9 Å². The molecule has 0 radical (unpaired) electrons. The molecule has 7 heteroatoms. The fraction of sp³-hybridized carbons (Fsp3) is 0.389. The van der Waals surface area contributed by atoms with Gasteiger partial charge in [-0.25, -0.2) is 9.97 Å². The summed E-state index contributed by atoms with van der Waals surface area (Å²) in [6.45, 7) is 7.47.